The number of ether oxygens (including phenoxy) is 1. The average Bonchev–Trinajstić information content (AvgIpc) is 3.14. The summed E-state index contributed by atoms with van der Waals surface area (Å²) in [5.41, 5.74) is 1.15. The third-order valence-corrected chi connectivity index (χ3v) is 4.79. The monoisotopic (exact) mass is 322 g/mol. The zero-order chi connectivity index (χ0) is 16.4. The van der Waals surface area contributed by atoms with Crippen LogP contribution in [0.1, 0.15) is 32.3 Å². The van der Waals surface area contributed by atoms with Gasteiger partial charge in [0.1, 0.15) is 21.7 Å². The topological polar surface area (TPSA) is 79.2 Å². The van der Waals surface area contributed by atoms with Gasteiger partial charge in [0.05, 0.1) is 17.4 Å². The Balaban J connectivity index is 2.04. The van der Waals surface area contributed by atoms with Crippen LogP contribution in [0.3, 0.4) is 0 Å². The van der Waals surface area contributed by atoms with E-state index in [-0.39, 0.29) is 17.3 Å². The number of sulfone groups is 1. The van der Waals surface area contributed by atoms with E-state index < -0.39 is 9.84 Å². The summed E-state index contributed by atoms with van der Waals surface area (Å²) in [5.74, 6) is 0.785. The molecule has 0 saturated heterocycles. The summed E-state index contributed by atoms with van der Waals surface area (Å²) in [7, 11) is -2.97. The Hall–Kier alpha value is -1.74. The van der Waals surface area contributed by atoms with Crippen LogP contribution < -0.4 is 10.1 Å². The molecule has 1 saturated carbocycles. The summed E-state index contributed by atoms with van der Waals surface area (Å²) in [6.07, 6.45) is 3.13. The molecule has 2 rings (SSSR count). The van der Waals surface area contributed by atoms with Crippen molar-refractivity contribution in [2.24, 2.45) is 5.41 Å². The molecule has 0 amide bonds. The van der Waals surface area contributed by atoms with Crippen LogP contribution in [0.4, 0.5) is 5.69 Å². The number of hydrogen-bond acceptors (Lipinski definition) is 5. The zero-order valence-electron chi connectivity index (χ0n) is 13.2. The fourth-order valence-corrected chi connectivity index (χ4v) is 3.98. The molecule has 1 aromatic rings. The highest BCUT2D eigenvalue weighted by molar-refractivity contribution is 7.90. The highest BCUT2D eigenvalue weighted by atomic mass is 32.2. The molecular formula is C16H22N2O3S. The SMILES string of the molecule is CC(C)Oc1ccc(NCC2(CS(C)(=O)=O)CC2)cc1C#N. The van der Waals surface area contributed by atoms with Crippen molar-refractivity contribution in [3.8, 4) is 11.8 Å². The van der Waals surface area contributed by atoms with Crippen molar-refractivity contribution in [3.05, 3.63) is 23.8 Å². The van der Waals surface area contributed by atoms with Crippen molar-refractivity contribution >= 4 is 15.5 Å². The molecule has 0 bridgehead atoms. The molecule has 1 N–H and O–H groups in total. The van der Waals surface area contributed by atoms with E-state index in [1.54, 1.807) is 12.1 Å². The van der Waals surface area contributed by atoms with Crippen LogP contribution in [0.25, 0.3) is 0 Å². The number of nitriles is 1. The van der Waals surface area contributed by atoms with Gasteiger partial charge >= 0.3 is 0 Å². The maximum Gasteiger partial charge on any atom is 0.148 e. The van der Waals surface area contributed by atoms with E-state index >= 15 is 0 Å². The lowest BCUT2D eigenvalue weighted by Gasteiger charge is -2.17. The zero-order valence-corrected chi connectivity index (χ0v) is 14.0. The van der Waals surface area contributed by atoms with Crippen LogP contribution in [0, 0.1) is 16.7 Å². The Kier molecular flexibility index (Phi) is 4.66. The molecule has 1 aliphatic rings. The molecule has 0 heterocycles. The largest absolute Gasteiger partial charge is 0.490 e. The number of nitrogens with one attached hydrogen (secondary N) is 1. The Morgan fingerprint density at radius 2 is 2.09 bits per heavy atom. The number of anilines is 1. The second kappa shape index (κ2) is 6.17. The lowest BCUT2D eigenvalue weighted by atomic mass is 10.1. The van der Waals surface area contributed by atoms with Gasteiger partial charge in [-0.2, -0.15) is 5.26 Å². The van der Waals surface area contributed by atoms with Crippen molar-refractivity contribution in [1.82, 2.24) is 0 Å². The van der Waals surface area contributed by atoms with Crippen LogP contribution in [0.2, 0.25) is 0 Å². The number of benzene rings is 1. The Labute approximate surface area is 132 Å². The van der Waals surface area contributed by atoms with E-state index in [1.165, 1.54) is 6.26 Å². The molecule has 5 nitrogen and oxygen atoms in total. The number of hydrogen-bond donors (Lipinski definition) is 1. The summed E-state index contributed by atoms with van der Waals surface area (Å²) < 4.78 is 28.5. The van der Waals surface area contributed by atoms with Crippen molar-refractivity contribution in [2.45, 2.75) is 32.8 Å². The van der Waals surface area contributed by atoms with Crippen molar-refractivity contribution in [1.29, 1.82) is 5.26 Å². The van der Waals surface area contributed by atoms with Gasteiger partial charge in [-0.3, -0.25) is 0 Å². The third kappa shape index (κ3) is 4.63. The van der Waals surface area contributed by atoms with Gasteiger partial charge < -0.3 is 10.1 Å². The van der Waals surface area contributed by atoms with Gasteiger partial charge in [0.15, 0.2) is 0 Å². The van der Waals surface area contributed by atoms with Crippen LogP contribution >= 0.6 is 0 Å². The Morgan fingerprint density at radius 3 is 2.59 bits per heavy atom. The van der Waals surface area contributed by atoms with Gasteiger partial charge in [-0.1, -0.05) is 0 Å². The molecule has 0 unspecified atom stereocenters. The first-order valence-electron chi connectivity index (χ1n) is 7.35. The lowest BCUT2D eigenvalue weighted by molar-refractivity contribution is 0.242. The van der Waals surface area contributed by atoms with Gasteiger partial charge in [0.25, 0.3) is 0 Å². The highest BCUT2D eigenvalue weighted by Crippen LogP contribution is 2.46. The maximum atomic E-state index is 11.5. The van der Waals surface area contributed by atoms with Gasteiger partial charge in [-0.15, -0.1) is 0 Å². The van der Waals surface area contributed by atoms with E-state index in [1.807, 2.05) is 19.9 Å². The van der Waals surface area contributed by atoms with E-state index in [2.05, 4.69) is 11.4 Å². The minimum atomic E-state index is -2.97. The lowest BCUT2D eigenvalue weighted by Crippen LogP contribution is -2.24. The first-order valence-corrected chi connectivity index (χ1v) is 9.41. The molecule has 0 aliphatic heterocycles. The van der Waals surface area contributed by atoms with Crippen LogP contribution in [-0.4, -0.2) is 33.1 Å². The third-order valence-electron chi connectivity index (χ3n) is 3.66. The molecule has 22 heavy (non-hydrogen) atoms. The van der Waals surface area contributed by atoms with Gasteiger partial charge in [-0.25, -0.2) is 8.42 Å². The molecule has 0 atom stereocenters. The van der Waals surface area contributed by atoms with Gasteiger partial charge in [0, 0.05) is 23.9 Å². The molecule has 1 aliphatic carbocycles. The normalized spacial score (nSPS) is 16.1. The molecule has 0 spiro atoms. The van der Waals surface area contributed by atoms with Crippen molar-refractivity contribution in [2.75, 3.05) is 23.9 Å². The quantitative estimate of drug-likeness (QED) is 0.834. The number of nitrogens with zero attached hydrogens (tertiary/aromatic N) is 1. The minimum Gasteiger partial charge on any atom is -0.490 e. The predicted octanol–water partition coefficient (Wildman–Crippen LogP) is 2.58. The average molecular weight is 322 g/mol. The molecule has 0 aromatic heterocycles. The Morgan fingerprint density at radius 1 is 1.41 bits per heavy atom. The second-order valence-electron chi connectivity index (χ2n) is 6.41. The first kappa shape index (κ1) is 16.6. The molecule has 6 heteroatoms. The molecular weight excluding hydrogens is 300 g/mol. The van der Waals surface area contributed by atoms with Gasteiger partial charge in [0.2, 0.25) is 0 Å². The van der Waals surface area contributed by atoms with E-state index in [9.17, 15) is 13.7 Å². The summed E-state index contributed by atoms with van der Waals surface area (Å²) in [4.78, 5) is 0. The van der Waals surface area contributed by atoms with E-state index in [0.29, 0.717) is 17.9 Å². The van der Waals surface area contributed by atoms with Crippen LogP contribution in [0.5, 0.6) is 5.75 Å². The highest BCUT2D eigenvalue weighted by Gasteiger charge is 2.44. The fourth-order valence-electron chi connectivity index (χ4n) is 2.48. The molecule has 1 fully saturated rings. The summed E-state index contributed by atoms with van der Waals surface area (Å²) in [6, 6.07) is 7.51. The maximum absolute atomic E-state index is 11.5. The smallest absolute Gasteiger partial charge is 0.148 e. The summed E-state index contributed by atoms with van der Waals surface area (Å²) >= 11 is 0. The van der Waals surface area contributed by atoms with E-state index in [0.717, 1.165) is 18.5 Å². The van der Waals surface area contributed by atoms with Gasteiger partial charge in [-0.05, 0) is 44.9 Å². The minimum absolute atomic E-state index is 0.00963. The van der Waals surface area contributed by atoms with E-state index in [4.69, 9.17) is 4.74 Å². The predicted molar refractivity (Wildman–Crippen MR) is 86.8 cm³/mol. The molecule has 1 aromatic carbocycles. The second-order valence-corrected chi connectivity index (χ2v) is 8.55. The summed E-state index contributed by atoms with van der Waals surface area (Å²) in [6.45, 7) is 4.43. The summed E-state index contributed by atoms with van der Waals surface area (Å²) in [5, 5.41) is 12.5. The van der Waals surface area contributed by atoms with Crippen LogP contribution in [-0.2, 0) is 9.84 Å². The fraction of sp³-hybridized carbons (Fsp3) is 0.562. The molecule has 0 radical (unpaired) electrons. The first-order chi connectivity index (χ1) is 10.2. The standard InChI is InChI=1S/C16H22N2O3S/c1-12(2)21-15-5-4-14(8-13(15)9-17)18-10-16(6-7-16)11-22(3,19)20/h4-5,8,12,18H,6-7,10-11H2,1-3H3. The number of rotatable bonds is 7. The van der Waals surface area contributed by atoms with Crippen LogP contribution in [0.15, 0.2) is 18.2 Å². The van der Waals surface area contributed by atoms with Crippen molar-refractivity contribution in [3.63, 3.8) is 0 Å². The Bertz CT molecular complexity index is 686. The molecule has 120 valence electrons. The van der Waals surface area contributed by atoms with Crippen molar-refractivity contribution < 1.29 is 13.2 Å².